The first kappa shape index (κ1) is 12.8. The number of hydrogen-bond donors (Lipinski definition) is 0. The fraction of sp³-hybridized carbons (Fsp3) is 0.400. The van der Waals surface area contributed by atoms with Crippen LogP contribution in [0.3, 0.4) is 0 Å². The van der Waals surface area contributed by atoms with E-state index in [4.69, 9.17) is 9.47 Å². The van der Waals surface area contributed by atoms with Crippen molar-refractivity contribution < 1.29 is 14.3 Å². The predicted molar refractivity (Wildman–Crippen MR) is 69.2 cm³/mol. The van der Waals surface area contributed by atoms with Gasteiger partial charge < -0.3 is 9.47 Å². The fourth-order valence-electron chi connectivity index (χ4n) is 2.34. The maximum absolute atomic E-state index is 11.1. The van der Waals surface area contributed by atoms with Gasteiger partial charge in [0, 0.05) is 13.3 Å². The van der Waals surface area contributed by atoms with Gasteiger partial charge in [0.25, 0.3) is 0 Å². The van der Waals surface area contributed by atoms with E-state index in [0.717, 1.165) is 6.42 Å². The molecule has 1 heterocycles. The van der Waals surface area contributed by atoms with Crippen LogP contribution in [0.15, 0.2) is 43.0 Å². The SMILES string of the molecule is C=CC[C@]1(Cc2ccccc2)OCC1OC(C)=O. The number of benzene rings is 1. The van der Waals surface area contributed by atoms with Crippen LogP contribution >= 0.6 is 0 Å². The quantitative estimate of drug-likeness (QED) is 0.591. The minimum absolute atomic E-state index is 0.173. The summed E-state index contributed by atoms with van der Waals surface area (Å²) in [6.07, 6.45) is 3.06. The summed E-state index contributed by atoms with van der Waals surface area (Å²) in [6, 6.07) is 10.1. The number of carbonyl (C=O) groups is 1. The first-order valence-corrected chi connectivity index (χ1v) is 6.12. The number of carbonyl (C=O) groups excluding carboxylic acids is 1. The van der Waals surface area contributed by atoms with Crippen molar-refractivity contribution in [1.82, 2.24) is 0 Å². The maximum atomic E-state index is 11.1. The van der Waals surface area contributed by atoms with Crippen molar-refractivity contribution >= 4 is 5.97 Å². The van der Waals surface area contributed by atoms with E-state index in [1.165, 1.54) is 12.5 Å². The van der Waals surface area contributed by atoms with E-state index in [9.17, 15) is 4.79 Å². The zero-order chi connectivity index (χ0) is 13.0. The number of hydrogen-bond acceptors (Lipinski definition) is 3. The Balaban J connectivity index is 2.12. The third-order valence-electron chi connectivity index (χ3n) is 3.25. The third-order valence-corrected chi connectivity index (χ3v) is 3.25. The molecule has 3 nitrogen and oxygen atoms in total. The molecule has 0 N–H and O–H groups in total. The summed E-state index contributed by atoms with van der Waals surface area (Å²) < 4.78 is 11.0. The van der Waals surface area contributed by atoms with Crippen molar-refractivity contribution in [3.8, 4) is 0 Å². The molecule has 0 aliphatic carbocycles. The summed E-state index contributed by atoms with van der Waals surface area (Å²) in [7, 11) is 0. The Morgan fingerprint density at radius 2 is 2.28 bits per heavy atom. The Morgan fingerprint density at radius 1 is 1.56 bits per heavy atom. The molecule has 0 spiro atoms. The van der Waals surface area contributed by atoms with Crippen LogP contribution in [-0.2, 0) is 20.7 Å². The lowest BCUT2D eigenvalue weighted by Crippen LogP contribution is -2.60. The van der Waals surface area contributed by atoms with Gasteiger partial charge in [0.05, 0.1) is 6.61 Å². The molecular weight excluding hydrogens is 228 g/mol. The Morgan fingerprint density at radius 3 is 2.78 bits per heavy atom. The lowest BCUT2D eigenvalue weighted by Gasteiger charge is -2.48. The summed E-state index contributed by atoms with van der Waals surface area (Å²) in [4.78, 5) is 11.1. The topological polar surface area (TPSA) is 35.5 Å². The first-order chi connectivity index (χ1) is 8.66. The van der Waals surface area contributed by atoms with Gasteiger partial charge in [-0.25, -0.2) is 0 Å². The van der Waals surface area contributed by atoms with Crippen LogP contribution in [0.2, 0.25) is 0 Å². The Bertz CT molecular complexity index is 427. The van der Waals surface area contributed by atoms with Crippen molar-refractivity contribution in [1.29, 1.82) is 0 Å². The molecule has 1 aromatic rings. The highest BCUT2D eigenvalue weighted by Crippen LogP contribution is 2.36. The molecule has 0 amide bonds. The summed E-state index contributed by atoms with van der Waals surface area (Å²) in [6.45, 7) is 5.66. The van der Waals surface area contributed by atoms with Crippen molar-refractivity contribution in [2.75, 3.05) is 6.61 Å². The number of rotatable bonds is 5. The lowest BCUT2D eigenvalue weighted by atomic mass is 9.82. The van der Waals surface area contributed by atoms with E-state index in [2.05, 4.69) is 18.7 Å². The smallest absolute Gasteiger partial charge is 0.303 e. The van der Waals surface area contributed by atoms with E-state index < -0.39 is 5.60 Å². The molecule has 0 bridgehead atoms. The molecule has 1 aromatic carbocycles. The molecule has 96 valence electrons. The van der Waals surface area contributed by atoms with E-state index in [0.29, 0.717) is 13.0 Å². The van der Waals surface area contributed by atoms with E-state index in [1.54, 1.807) is 0 Å². The van der Waals surface area contributed by atoms with Crippen LogP contribution in [0.5, 0.6) is 0 Å². The van der Waals surface area contributed by atoms with Crippen LogP contribution in [0, 0.1) is 0 Å². The summed E-state index contributed by atoms with van der Waals surface area (Å²) in [5.74, 6) is -0.259. The summed E-state index contributed by atoms with van der Waals surface area (Å²) >= 11 is 0. The van der Waals surface area contributed by atoms with Crippen LogP contribution in [0.25, 0.3) is 0 Å². The molecule has 0 aromatic heterocycles. The molecule has 18 heavy (non-hydrogen) atoms. The second kappa shape index (κ2) is 5.36. The van der Waals surface area contributed by atoms with Gasteiger partial charge in [-0.15, -0.1) is 6.58 Å². The minimum atomic E-state index is -0.436. The Hall–Kier alpha value is -1.61. The Labute approximate surface area is 107 Å². The van der Waals surface area contributed by atoms with Gasteiger partial charge in [-0.2, -0.15) is 0 Å². The standard InChI is InChI=1S/C15H18O3/c1-3-9-15(10-13-7-5-4-6-8-13)14(11-17-15)18-12(2)16/h3-8,14H,1,9-11H2,2H3/t14?,15-/m1/s1. The van der Waals surface area contributed by atoms with E-state index in [1.807, 2.05) is 24.3 Å². The molecule has 1 unspecified atom stereocenters. The average molecular weight is 246 g/mol. The minimum Gasteiger partial charge on any atom is -0.457 e. The van der Waals surface area contributed by atoms with Crippen LogP contribution in [0.1, 0.15) is 18.9 Å². The van der Waals surface area contributed by atoms with Crippen LogP contribution in [-0.4, -0.2) is 24.3 Å². The molecule has 2 atom stereocenters. The number of esters is 1. The van der Waals surface area contributed by atoms with Gasteiger partial charge in [0.1, 0.15) is 5.60 Å². The van der Waals surface area contributed by atoms with E-state index in [-0.39, 0.29) is 12.1 Å². The number of ether oxygens (including phenoxy) is 2. The van der Waals surface area contributed by atoms with Gasteiger partial charge >= 0.3 is 5.97 Å². The van der Waals surface area contributed by atoms with Gasteiger partial charge in [-0.05, 0) is 12.0 Å². The lowest BCUT2D eigenvalue weighted by molar-refractivity contribution is -0.248. The zero-order valence-corrected chi connectivity index (χ0v) is 10.6. The van der Waals surface area contributed by atoms with Gasteiger partial charge in [-0.1, -0.05) is 36.4 Å². The Kier molecular flexibility index (Phi) is 3.82. The molecule has 3 heteroatoms. The van der Waals surface area contributed by atoms with Gasteiger partial charge in [0.2, 0.25) is 0 Å². The van der Waals surface area contributed by atoms with Gasteiger partial charge in [0.15, 0.2) is 6.10 Å². The highest BCUT2D eigenvalue weighted by Gasteiger charge is 2.49. The average Bonchev–Trinajstić information content (AvgIpc) is 2.35. The van der Waals surface area contributed by atoms with Crippen LogP contribution in [0.4, 0.5) is 0 Å². The van der Waals surface area contributed by atoms with Crippen molar-refractivity contribution in [2.24, 2.45) is 0 Å². The highest BCUT2D eigenvalue weighted by molar-refractivity contribution is 5.66. The van der Waals surface area contributed by atoms with Crippen LogP contribution < -0.4 is 0 Å². The second-order valence-electron chi connectivity index (χ2n) is 4.63. The molecule has 1 aliphatic rings. The summed E-state index contributed by atoms with van der Waals surface area (Å²) in [5.41, 5.74) is 0.741. The highest BCUT2D eigenvalue weighted by atomic mass is 16.6. The predicted octanol–water partition coefficient (Wildman–Crippen LogP) is 2.51. The molecule has 0 radical (unpaired) electrons. The third kappa shape index (κ3) is 2.62. The molecular formula is C15H18O3. The zero-order valence-electron chi connectivity index (χ0n) is 10.6. The van der Waals surface area contributed by atoms with Crippen molar-refractivity contribution in [2.45, 2.75) is 31.5 Å². The van der Waals surface area contributed by atoms with Crippen molar-refractivity contribution in [3.63, 3.8) is 0 Å². The molecule has 1 aliphatic heterocycles. The first-order valence-electron chi connectivity index (χ1n) is 6.12. The fourth-order valence-corrected chi connectivity index (χ4v) is 2.34. The largest absolute Gasteiger partial charge is 0.457 e. The molecule has 1 saturated heterocycles. The van der Waals surface area contributed by atoms with Crippen molar-refractivity contribution in [3.05, 3.63) is 48.6 Å². The molecule has 1 fully saturated rings. The van der Waals surface area contributed by atoms with Gasteiger partial charge in [-0.3, -0.25) is 4.79 Å². The summed E-state index contributed by atoms with van der Waals surface area (Å²) in [5, 5.41) is 0. The molecule has 2 rings (SSSR count). The van der Waals surface area contributed by atoms with E-state index >= 15 is 0 Å². The normalized spacial score (nSPS) is 26.2. The monoisotopic (exact) mass is 246 g/mol. The second-order valence-corrected chi connectivity index (χ2v) is 4.63. The molecule has 0 saturated carbocycles. The maximum Gasteiger partial charge on any atom is 0.303 e.